The quantitative estimate of drug-likeness (QED) is 0.543. The SMILES string of the molecule is CC1=CC(C)(C)Nc2ccc3c(c21)OC(c1ccccc1)c1ccccc1-3. The van der Waals surface area contributed by atoms with Crippen LogP contribution >= 0.6 is 0 Å². The van der Waals surface area contributed by atoms with Gasteiger partial charge in [-0.05, 0) is 49.6 Å². The summed E-state index contributed by atoms with van der Waals surface area (Å²) in [5, 5.41) is 3.64. The van der Waals surface area contributed by atoms with Gasteiger partial charge < -0.3 is 10.1 Å². The van der Waals surface area contributed by atoms with Crippen molar-refractivity contribution in [1.29, 1.82) is 0 Å². The van der Waals surface area contributed by atoms with Gasteiger partial charge >= 0.3 is 0 Å². The van der Waals surface area contributed by atoms with Crippen LogP contribution < -0.4 is 10.1 Å². The fourth-order valence-corrected chi connectivity index (χ4v) is 4.44. The molecule has 2 nitrogen and oxygen atoms in total. The maximum absolute atomic E-state index is 6.70. The van der Waals surface area contributed by atoms with Crippen molar-refractivity contribution >= 4 is 11.3 Å². The number of nitrogens with one attached hydrogen (secondary N) is 1. The molecule has 2 heterocycles. The van der Waals surface area contributed by atoms with E-state index in [1.807, 2.05) is 6.07 Å². The van der Waals surface area contributed by atoms with E-state index in [-0.39, 0.29) is 11.6 Å². The van der Waals surface area contributed by atoms with Gasteiger partial charge in [-0.25, -0.2) is 0 Å². The van der Waals surface area contributed by atoms with Gasteiger partial charge in [0, 0.05) is 22.4 Å². The molecule has 27 heavy (non-hydrogen) atoms. The Balaban J connectivity index is 1.75. The molecule has 134 valence electrons. The Morgan fingerprint density at radius 1 is 0.852 bits per heavy atom. The lowest BCUT2D eigenvalue weighted by Gasteiger charge is -2.36. The Kier molecular flexibility index (Phi) is 3.45. The van der Waals surface area contributed by atoms with Gasteiger partial charge in [-0.15, -0.1) is 0 Å². The second kappa shape index (κ2) is 5.75. The largest absolute Gasteiger partial charge is 0.480 e. The highest BCUT2D eigenvalue weighted by molar-refractivity contribution is 5.91. The number of hydrogen-bond donors (Lipinski definition) is 1. The summed E-state index contributed by atoms with van der Waals surface area (Å²) < 4.78 is 6.70. The lowest BCUT2D eigenvalue weighted by molar-refractivity contribution is 0.243. The van der Waals surface area contributed by atoms with E-state index in [1.165, 1.54) is 33.4 Å². The van der Waals surface area contributed by atoms with Gasteiger partial charge in [0.05, 0.1) is 5.54 Å². The van der Waals surface area contributed by atoms with Crippen LogP contribution in [-0.4, -0.2) is 5.54 Å². The van der Waals surface area contributed by atoms with Crippen LogP contribution in [-0.2, 0) is 0 Å². The van der Waals surface area contributed by atoms with E-state index in [1.54, 1.807) is 0 Å². The van der Waals surface area contributed by atoms with E-state index < -0.39 is 0 Å². The van der Waals surface area contributed by atoms with Crippen molar-refractivity contribution in [3.8, 4) is 16.9 Å². The van der Waals surface area contributed by atoms with Crippen LogP contribution in [0.5, 0.6) is 5.75 Å². The van der Waals surface area contributed by atoms with E-state index in [9.17, 15) is 0 Å². The first-order valence-electron chi connectivity index (χ1n) is 9.49. The highest BCUT2D eigenvalue weighted by atomic mass is 16.5. The molecule has 3 aromatic carbocycles. The third-order valence-electron chi connectivity index (χ3n) is 5.46. The molecule has 1 unspecified atom stereocenters. The van der Waals surface area contributed by atoms with Crippen LogP contribution in [0, 0.1) is 0 Å². The van der Waals surface area contributed by atoms with Gasteiger partial charge in [-0.1, -0.05) is 60.7 Å². The number of fused-ring (bicyclic) bond motifs is 5. The highest BCUT2D eigenvalue weighted by Crippen LogP contribution is 2.51. The van der Waals surface area contributed by atoms with Crippen LogP contribution in [0.1, 0.15) is 43.6 Å². The molecule has 2 aliphatic heterocycles. The molecule has 1 N–H and O–H groups in total. The number of allylic oxidation sites excluding steroid dienone is 1. The van der Waals surface area contributed by atoms with Gasteiger partial charge in [-0.2, -0.15) is 0 Å². The zero-order chi connectivity index (χ0) is 18.6. The molecule has 2 heteroatoms. The molecule has 0 saturated carbocycles. The number of hydrogen-bond acceptors (Lipinski definition) is 2. The lowest BCUT2D eigenvalue weighted by Crippen LogP contribution is -2.32. The topological polar surface area (TPSA) is 21.3 Å². The number of ether oxygens (including phenoxy) is 1. The zero-order valence-corrected chi connectivity index (χ0v) is 15.9. The van der Waals surface area contributed by atoms with E-state index in [0.29, 0.717) is 0 Å². The Labute approximate surface area is 160 Å². The van der Waals surface area contributed by atoms with Crippen LogP contribution in [0.3, 0.4) is 0 Å². The molecule has 0 aromatic heterocycles. The van der Waals surface area contributed by atoms with E-state index in [2.05, 4.69) is 92.8 Å². The summed E-state index contributed by atoms with van der Waals surface area (Å²) in [7, 11) is 0. The zero-order valence-electron chi connectivity index (χ0n) is 15.9. The smallest absolute Gasteiger partial charge is 0.150 e. The Hall–Kier alpha value is -3.00. The highest BCUT2D eigenvalue weighted by Gasteiger charge is 2.32. The summed E-state index contributed by atoms with van der Waals surface area (Å²) in [4.78, 5) is 0. The first-order valence-corrected chi connectivity index (χ1v) is 9.49. The third-order valence-corrected chi connectivity index (χ3v) is 5.46. The van der Waals surface area contributed by atoms with Crippen LogP contribution in [0.2, 0.25) is 0 Å². The standard InChI is InChI=1S/C25H23NO/c1-16-15-25(2,3)26-21-14-13-20-18-11-7-8-12-19(18)23(27-24(20)22(16)21)17-9-5-4-6-10-17/h4-15,23,26H,1-3H3. The van der Waals surface area contributed by atoms with Gasteiger partial charge in [0.15, 0.2) is 0 Å². The molecular formula is C25H23NO. The molecule has 1 atom stereocenters. The van der Waals surface area contributed by atoms with Crippen molar-refractivity contribution in [2.24, 2.45) is 0 Å². The van der Waals surface area contributed by atoms with Crippen LogP contribution in [0.4, 0.5) is 5.69 Å². The van der Waals surface area contributed by atoms with Crippen molar-refractivity contribution < 1.29 is 4.74 Å². The first-order chi connectivity index (χ1) is 13.0. The van der Waals surface area contributed by atoms with Gasteiger partial charge in [-0.3, -0.25) is 0 Å². The molecule has 0 aliphatic carbocycles. The molecule has 0 saturated heterocycles. The molecule has 0 radical (unpaired) electrons. The first kappa shape index (κ1) is 16.2. The predicted molar refractivity (Wildman–Crippen MR) is 112 cm³/mol. The van der Waals surface area contributed by atoms with Crippen molar-refractivity contribution in [3.05, 3.63) is 89.5 Å². The molecule has 5 rings (SSSR count). The Bertz CT molecular complexity index is 1060. The average molecular weight is 353 g/mol. The number of anilines is 1. The second-order valence-corrected chi connectivity index (χ2v) is 8.03. The summed E-state index contributed by atoms with van der Waals surface area (Å²) in [5.74, 6) is 0.983. The summed E-state index contributed by atoms with van der Waals surface area (Å²) in [6.07, 6.45) is 2.20. The number of benzene rings is 3. The second-order valence-electron chi connectivity index (χ2n) is 8.03. The average Bonchev–Trinajstić information content (AvgIpc) is 2.66. The van der Waals surface area contributed by atoms with Crippen molar-refractivity contribution in [1.82, 2.24) is 0 Å². The van der Waals surface area contributed by atoms with E-state index in [4.69, 9.17) is 4.74 Å². The summed E-state index contributed by atoms with van der Waals surface area (Å²) in [6.45, 7) is 6.58. The molecular weight excluding hydrogens is 330 g/mol. The molecule has 0 bridgehead atoms. The molecule has 0 spiro atoms. The summed E-state index contributed by atoms with van der Waals surface area (Å²) in [6, 6.07) is 23.5. The van der Waals surface area contributed by atoms with Gasteiger partial charge in [0.25, 0.3) is 0 Å². The molecule has 0 amide bonds. The van der Waals surface area contributed by atoms with Crippen molar-refractivity contribution in [2.75, 3.05) is 5.32 Å². The fourth-order valence-electron chi connectivity index (χ4n) is 4.44. The number of rotatable bonds is 1. The predicted octanol–water partition coefficient (Wildman–Crippen LogP) is 6.44. The molecule has 3 aromatic rings. The monoisotopic (exact) mass is 353 g/mol. The van der Waals surface area contributed by atoms with Gasteiger partial charge in [0.1, 0.15) is 11.9 Å². The third kappa shape index (κ3) is 2.56. The molecule has 2 aliphatic rings. The van der Waals surface area contributed by atoms with E-state index >= 15 is 0 Å². The Morgan fingerprint density at radius 2 is 1.59 bits per heavy atom. The summed E-state index contributed by atoms with van der Waals surface area (Å²) >= 11 is 0. The fraction of sp³-hybridized carbons (Fsp3) is 0.200. The Morgan fingerprint density at radius 3 is 2.41 bits per heavy atom. The normalized spacial score (nSPS) is 18.9. The van der Waals surface area contributed by atoms with Gasteiger partial charge in [0.2, 0.25) is 0 Å². The van der Waals surface area contributed by atoms with E-state index in [0.717, 1.165) is 11.4 Å². The van der Waals surface area contributed by atoms with Crippen molar-refractivity contribution in [2.45, 2.75) is 32.4 Å². The minimum absolute atomic E-state index is 0.0588. The van der Waals surface area contributed by atoms with Crippen molar-refractivity contribution in [3.63, 3.8) is 0 Å². The lowest BCUT2D eigenvalue weighted by atomic mass is 9.84. The maximum atomic E-state index is 6.70. The maximum Gasteiger partial charge on any atom is 0.150 e. The minimum Gasteiger partial charge on any atom is -0.480 e. The van der Waals surface area contributed by atoms with Crippen LogP contribution in [0.15, 0.2) is 72.8 Å². The van der Waals surface area contributed by atoms with Crippen LogP contribution in [0.25, 0.3) is 16.7 Å². The summed E-state index contributed by atoms with van der Waals surface area (Å²) in [5.41, 5.74) is 8.36. The minimum atomic E-state index is -0.0934. The molecule has 0 fully saturated rings.